The predicted molar refractivity (Wildman–Crippen MR) is 100 cm³/mol. The minimum absolute atomic E-state index is 0.210. The first kappa shape index (κ1) is 17.9. The van der Waals surface area contributed by atoms with E-state index in [1.165, 1.54) is 11.3 Å². The number of nitrogens with one attached hydrogen (secondary N) is 1. The second-order valence-electron chi connectivity index (χ2n) is 6.74. The third-order valence-electron chi connectivity index (χ3n) is 4.89. The topological polar surface area (TPSA) is 73.9 Å². The number of esters is 1. The van der Waals surface area contributed by atoms with Gasteiger partial charge in [-0.1, -0.05) is 6.07 Å². The molecule has 1 N–H and O–H groups in total. The van der Waals surface area contributed by atoms with Crippen LogP contribution in [0.25, 0.3) is 0 Å². The summed E-state index contributed by atoms with van der Waals surface area (Å²) < 4.78 is 15.9. The summed E-state index contributed by atoms with van der Waals surface area (Å²) in [6.45, 7) is 1.78. The first-order chi connectivity index (χ1) is 13.1. The molecule has 1 aliphatic heterocycles. The SMILES string of the molecule is C[C@H](NC(=O)COC(=O)c1csc2c1CCCC2)c1ccc2c(c1)OCO2. The zero-order valence-electron chi connectivity index (χ0n) is 15.1. The fourth-order valence-electron chi connectivity index (χ4n) is 3.42. The lowest BCUT2D eigenvalue weighted by atomic mass is 9.96. The van der Waals surface area contributed by atoms with Crippen LogP contribution in [0.5, 0.6) is 11.5 Å². The first-order valence-electron chi connectivity index (χ1n) is 9.07. The molecule has 7 heteroatoms. The third kappa shape index (κ3) is 3.78. The van der Waals surface area contributed by atoms with Crippen LogP contribution < -0.4 is 14.8 Å². The average molecular weight is 387 g/mol. The lowest BCUT2D eigenvalue weighted by molar-refractivity contribution is -0.124. The van der Waals surface area contributed by atoms with Gasteiger partial charge in [0.05, 0.1) is 11.6 Å². The molecule has 2 aliphatic rings. The Morgan fingerprint density at radius 3 is 2.93 bits per heavy atom. The minimum Gasteiger partial charge on any atom is -0.454 e. The summed E-state index contributed by atoms with van der Waals surface area (Å²) in [6, 6.07) is 5.30. The first-order valence-corrected chi connectivity index (χ1v) is 9.95. The molecule has 0 saturated heterocycles. The van der Waals surface area contributed by atoms with E-state index in [4.69, 9.17) is 14.2 Å². The molecular weight excluding hydrogens is 366 g/mol. The molecule has 0 bridgehead atoms. The van der Waals surface area contributed by atoms with Crippen molar-refractivity contribution in [1.82, 2.24) is 5.32 Å². The second kappa shape index (κ2) is 7.60. The maximum atomic E-state index is 12.3. The van der Waals surface area contributed by atoms with Crippen LogP contribution in [0.3, 0.4) is 0 Å². The summed E-state index contributed by atoms with van der Waals surface area (Å²) in [5, 5.41) is 4.69. The van der Waals surface area contributed by atoms with Crippen molar-refractivity contribution in [1.29, 1.82) is 0 Å². The molecule has 1 atom stereocenters. The molecule has 4 rings (SSSR count). The molecule has 6 nitrogen and oxygen atoms in total. The molecular formula is C20H21NO5S. The van der Waals surface area contributed by atoms with E-state index in [1.807, 2.05) is 30.5 Å². The van der Waals surface area contributed by atoms with Gasteiger partial charge in [0.1, 0.15) is 0 Å². The fraction of sp³-hybridized carbons (Fsp3) is 0.400. The van der Waals surface area contributed by atoms with Gasteiger partial charge >= 0.3 is 5.97 Å². The maximum Gasteiger partial charge on any atom is 0.339 e. The second-order valence-corrected chi connectivity index (χ2v) is 7.70. The Balaban J connectivity index is 1.31. The van der Waals surface area contributed by atoms with E-state index < -0.39 is 5.97 Å². The van der Waals surface area contributed by atoms with Crippen LogP contribution in [0.4, 0.5) is 0 Å². The Kier molecular flexibility index (Phi) is 5.03. The van der Waals surface area contributed by atoms with E-state index in [1.54, 1.807) is 11.3 Å². The summed E-state index contributed by atoms with van der Waals surface area (Å²) in [7, 11) is 0. The van der Waals surface area contributed by atoms with Crippen LogP contribution in [0, 0.1) is 0 Å². The normalized spacial score (nSPS) is 15.7. The van der Waals surface area contributed by atoms with Crippen LogP contribution in [-0.2, 0) is 22.4 Å². The smallest absolute Gasteiger partial charge is 0.339 e. The van der Waals surface area contributed by atoms with Crippen molar-refractivity contribution in [3.8, 4) is 11.5 Å². The highest BCUT2D eigenvalue weighted by molar-refractivity contribution is 7.10. The number of amides is 1. The standard InChI is InChI=1S/C20H21NO5S/c1-12(13-6-7-16-17(8-13)26-11-25-16)21-19(22)9-24-20(23)15-10-27-18-5-3-2-4-14(15)18/h6-8,10,12H,2-5,9,11H2,1H3,(H,21,22)/t12-/m0/s1. The molecule has 1 amide bonds. The third-order valence-corrected chi connectivity index (χ3v) is 5.98. The summed E-state index contributed by atoms with van der Waals surface area (Å²) in [5.74, 6) is 0.616. The van der Waals surface area contributed by atoms with Gasteiger partial charge in [0.15, 0.2) is 18.1 Å². The Morgan fingerprint density at radius 1 is 1.22 bits per heavy atom. The molecule has 2 aromatic rings. The molecule has 1 aliphatic carbocycles. The fourth-order valence-corrected chi connectivity index (χ4v) is 4.54. The molecule has 0 saturated carbocycles. The largest absolute Gasteiger partial charge is 0.454 e. The number of carbonyl (C=O) groups excluding carboxylic acids is 2. The number of hydrogen-bond donors (Lipinski definition) is 1. The lowest BCUT2D eigenvalue weighted by Crippen LogP contribution is -2.31. The van der Waals surface area contributed by atoms with E-state index in [0.29, 0.717) is 17.1 Å². The molecule has 27 heavy (non-hydrogen) atoms. The van der Waals surface area contributed by atoms with Gasteiger partial charge in [-0.05, 0) is 55.9 Å². The van der Waals surface area contributed by atoms with Crippen molar-refractivity contribution in [2.24, 2.45) is 0 Å². The number of ether oxygens (including phenoxy) is 3. The van der Waals surface area contributed by atoms with Crippen molar-refractivity contribution in [2.45, 2.75) is 38.6 Å². The zero-order chi connectivity index (χ0) is 18.8. The van der Waals surface area contributed by atoms with E-state index >= 15 is 0 Å². The van der Waals surface area contributed by atoms with Gasteiger partial charge < -0.3 is 19.5 Å². The number of hydrogen-bond acceptors (Lipinski definition) is 6. The van der Waals surface area contributed by atoms with Crippen LogP contribution in [0.15, 0.2) is 23.6 Å². The van der Waals surface area contributed by atoms with Crippen molar-refractivity contribution in [3.63, 3.8) is 0 Å². The Labute approximate surface area is 161 Å². The van der Waals surface area contributed by atoms with Crippen LogP contribution in [-0.4, -0.2) is 25.3 Å². The molecule has 1 aromatic carbocycles. The zero-order valence-corrected chi connectivity index (χ0v) is 15.9. The number of thiophene rings is 1. The summed E-state index contributed by atoms with van der Waals surface area (Å²) in [5.41, 5.74) is 2.61. The number of fused-ring (bicyclic) bond motifs is 2. The van der Waals surface area contributed by atoms with E-state index in [0.717, 1.165) is 30.4 Å². The number of rotatable bonds is 5. The van der Waals surface area contributed by atoms with E-state index in [9.17, 15) is 9.59 Å². The van der Waals surface area contributed by atoms with Crippen LogP contribution in [0.2, 0.25) is 0 Å². The van der Waals surface area contributed by atoms with Crippen molar-refractivity contribution < 1.29 is 23.8 Å². The highest BCUT2D eigenvalue weighted by Crippen LogP contribution is 2.34. The van der Waals surface area contributed by atoms with Gasteiger partial charge in [0.25, 0.3) is 5.91 Å². The highest BCUT2D eigenvalue weighted by Gasteiger charge is 2.22. The number of carbonyl (C=O) groups is 2. The Bertz CT molecular complexity index is 875. The van der Waals surface area contributed by atoms with Gasteiger partial charge in [-0.3, -0.25) is 4.79 Å². The van der Waals surface area contributed by atoms with Crippen molar-refractivity contribution in [3.05, 3.63) is 45.1 Å². The summed E-state index contributed by atoms with van der Waals surface area (Å²) in [4.78, 5) is 25.8. The molecule has 0 radical (unpaired) electrons. The molecule has 1 aromatic heterocycles. The van der Waals surface area contributed by atoms with Crippen molar-refractivity contribution >= 4 is 23.2 Å². The van der Waals surface area contributed by atoms with Gasteiger partial charge in [0.2, 0.25) is 6.79 Å². The van der Waals surface area contributed by atoms with Gasteiger partial charge in [0, 0.05) is 10.3 Å². The highest BCUT2D eigenvalue weighted by atomic mass is 32.1. The molecule has 0 unspecified atom stereocenters. The van der Waals surface area contributed by atoms with Crippen LogP contribution in [0.1, 0.15) is 52.2 Å². The van der Waals surface area contributed by atoms with Gasteiger partial charge in [-0.2, -0.15) is 0 Å². The minimum atomic E-state index is -0.416. The molecule has 142 valence electrons. The lowest BCUT2D eigenvalue weighted by Gasteiger charge is -2.15. The number of benzene rings is 1. The molecule has 2 heterocycles. The van der Waals surface area contributed by atoms with Gasteiger partial charge in [-0.15, -0.1) is 11.3 Å². The maximum absolute atomic E-state index is 12.3. The van der Waals surface area contributed by atoms with E-state index in [2.05, 4.69) is 5.32 Å². The van der Waals surface area contributed by atoms with Crippen LogP contribution >= 0.6 is 11.3 Å². The van der Waals surface area contributed by atoms with Gasteiger partial charge in [-0.25, -0.2) is 4.79 Å². The molecule has 0 spiro atoms. The number of aryl methyl sites for hydroxylation is 1. The Hall–Kier alpha value is -2.54. The summed E-state index contributed by atoms with van der Waals surface area (Å²) in [6.07, 6.45) is 4.21. The Morgan fingerprint density at radius 2 is 2.04 bits per heavy atom. The van der Waals surface area contributed by atoms with E-state index in [-0.39, 0.29) is 25.3 Å². The predicted octanol–water partition coefficient (Wildman–Crippen LogP) is 3.39. The molecule has 0 fully saturated rings. The monoisotopic (exact) mass is 387 g/mol. The summed E-state index contributed by atoms with van der Waals surface area (Å²) >= 11 is 1.61. The quantitative estimate of drug-likeness (QED) is 0.796. The van der Waals surface area contributed by atoms with Crippen molar-refractivity contribution in [2.75, 3.05) is 13.4 Å². The average Bonchev–Trinajstić information content (AvgIpc) is 3.32.